The average Bonchev–Trinajstić information content (AvgIpc) is 2.82. The maximum Gasteiger partial charge on any atom is 1.00 e. The fourth-order valence-electron chi connectivity index (χ4n) is 4.82. The number of hydrogen-bond acceptors (Lipinski definition) is 1. The Morgan fingerprint density at radius 1 is 0.675 bits per heavy atom. The molecule has 0 unspecified atom stereocenters. The van der Waals surface area contributed by atoms with E-state index in [-0.39, 0.29) is 29.7 Å². The zero-order valence-electron chi connectivity index (χ0n) is 27.1. The Kier molecular flexibility index (Phi) is 10.7. The molecule has 210 valence electrons. The molecule has 40 heavy (non-hydrogen) atoms. The predicted octanol–water partition coefficient (Wildman–Crippen LogP) is 5.37. The van der Waals surface area contributed by atoms with Crippen molar-refractivity contribution in [2.75, 3.05) is 0 Å². The van der Waals surface area contributed by atoms with Gasteiger partial charge in [-0.15, -0.1) is 0 Å². The number of halogens is 1. The normalized spacial score (nSPS) is 12.6. The number of rotatable bonds is 6. The molecule has 0 aliphatic heterocycles. The Balaban J connectivity index is 0.00000560. The van der Waals surface area contributed by atoms with Gasteiger partial charge in [0.25, 0.3) is 0 Å². The molecule has 0 fully saturated rings. The van der Waals surface area contributed by atoms with E-state index in [1.54, 1.807) is 6.21 Å². The van der Waals surface area contributed by atoms with E-state index in [9.17, 15) is 5.11 Å². The molecule has 4 heteroatoms. The molecule has 0 amide bonds. The minimum atomic E-state index is -0.734. The van der Waals surface area contributed by atoms with Crippen molar-refractivity contribution in [1.82, 2.24) is 0 Å². The van der Waals surface area contributed by atoms with Crippen LogP contribution in [0.4, 0.5) is 10.1 Å². The van der Waals surface area contributed by atoms with E-state index < -0.39 is 11.6 Å². The van der Waals surface area contributed by atoms with Gasteiger partial charge >= 0.3 is 18.9 Å². The fraction of sp³-hybridized carbons (Fsp3) is 0.472. The summed E-state index contributed by atoms with van der Waals surface area (Å²) in [7, 11) is 0. The van der Waals surface area contributed by atoms with Crippen molar-refractivity contribution < 1.29 is 33.3 Å². The minimum absolute atomic E-state index is 0. The molecule has 3 rings (SSSR count). The zero-order valence-corrected chi connectivity index (χ0v) is 27.1. The third-order valence-corrected chi connectivity index (χ3v) is 7.58. The van der Waals surface area contributed by atoms with Crippen molar-refractivity contribution >= 4 is 11.9 Å². The Bertz CT molecular complexity index is 1310. The third kappa shape index (κ3) is 7.68. The Hall–Kier alpha value is -2.34. The molecule has 0 heterocycles. The van der Waals surface area contributed by atoms with Gasteiger partial charge in [-0.25, -0.2) is 9.38 Å². The summed E-state index contributed by atoms with van der Waals surface area (Å²) in [6.07, 6.45) is 1.69. The van der Waals surface area contributed by atoms with Gasteiger partial charge in [0.1, 0.15) is 5.82 Å². The van der Waals surface area contributed by atoms with Gasteiger partial charge in [0, 0.05) is 16.7 Å². The first-order valence-electron chi connectivity index (χ1n) is 14.3. The number of nitrogens with one attached hydrogen (secondary N) is 1. The molecule has 0 aliphatic carbocycles. The Morgan fingerprint density at radius 3 is 1.52 bits per heavy atom. The van der Waals surface area contributed by atoms with E-state index >= 15 is 4.39 Å². The molecule has 3 aromatic carbocycles. The standard InChI is InChI=1S/C36H48FNO.Li/c1-21(2)24-16-30(22(3)4)33(31(17-24)23(5)6)38-20-27-13-25(18-32(37)34(27)39)26-14-28(35(7,8)9)19-29(15-26)36(10,11)12;/h13-23,39H,1-12H3;/q;+1. The molecule has 0 bridgehead atoms. The van der Waals surface area contributed by atoms with Crippen LogP contribution in [0.2, 0.25) is 0 Å². The first kappa shape index (κ1) is 33.9. The molecule has 0 atom stereocenters. The van der Waals surface area contributed by atoms with E-state index in [0.717, 1.165) is 11.3 Å². The summed E-state index contributed by atoms with van der Waals surface area (Å²) in [5, 5.41) is 13.0. The topological polar surface area (TPSA) is 37.0 Å². The second-order valence-corrected chi connectivity index (χ2v) is 14.0. The van der Waals surface area contributed by atoms with Crippen LogP contribution in [-0.2, 0) is 10.8 Å². The summed E-state index contributed by atoms with van der Waals surface area (Å²) in [5.41, 5.74) is 8.93. The second-order valence-electron chi connectivity index (χ2n) is 14.0. The zero-order chi connectivity index (χ0) is 29.4. The first-order valence-corrected chi connectivity index (χ1v) is 14.3. The molecule has 3 aromatic rings. The molecule has 0 radical (unpaired) electrons. The van der Waals surface area contributed by atoms with Crippen molar-refractivity contribution in [2.45, 2.75) is 112 Å². The van der Waals surface area contributed by atoms with Crippen LogP contribution in [0.25, 0.3) is 11.1 Å². The van der Waals surface area contributed by atoms with Crippen molar-refractivity contribution in [3.63, 3.8) is 0 Å². The Morgan fingerprint density at radius 2 is 1.12 bits per heavy atom. The van der Waals surface area contributed by atoms with Crippen LogP contribution in [0.1, 0.15) is 134 Å². The van der Waals surface area contributed by atoms with E-state index in [4.69, 9.17) is 0 Å². The number of benzene rings is 3. The summed E-state index contributed by atoms with van der Waals surface area (Å²) in [4.78, 5) is 3.45. The molecule has 0 spiro atoms. The van der Waals surface area contributed by atoms with Gasteiger partial charge in [0.05, 0.1) is 0 Å². The quantitative estimate of drug-likeness (QED) is 0.334. The van der Waals surface area contributed by atoms with Crippen molar-refractivity contribution in [3.8, 4) is 16.9 Å². The van der Waals surface area contributed by atoms with Gasteiger partial charge in [-0.3, -0.25) is 0 Å². The molecule has 0 saturated carbocycles. The van der Waals surface area contributed by atoms with Gasteiger partial charge in [0.15, 0.2) is 6.21 Å². The van der Waals surface area contributed by atoms with E-state index in [1.807, 2.05) is 6.07 Å². The molecular formula is C36H48FLiNO+. The van der Waals surface area contributed by atoms with Crippen LogP contribution < -0.4 is 29.0 Å². The van der Waals surface area contributed by atoms with E-state index in [1.165, 1.54) is 33.9 Å². The molecule has 0 saturated heterocycles. The maximum atomic E-state index is 15.1. The van der Waals surface area contributed by atoms with Crippen molar-refractivity contribution in [1.29, 1.82) is 0 Å². The maximum absolute atomic E-state index is 15.1. The smallest absolute Gasteiger partial charge is 0.870 e. The fourth-order valence-corrected chi connectivity index (χ4v) is 4.82. The van der Waals surface area contributed by atoms with Gasteiger partial charge in [-0.2, -0.15) is 0 Å². The molecule has 2 nitrogen and oxygen atoms in total. The van der Waals surface area contributed by atoms with Crippen LogP contribution in [0.15, 0.2) is 42.5 Å². The summed E-state index contributed by atoms with van der Waals surface area (Å²) in [6, 6.07) is 14.2. The van der Waals surface area contributed by atoms with Gasteiger partial charge in [0.2, 0.25) is 5.69 Å². The number of hydrogen-bond donors (Lipinski definition) is 1. The largest absolute Gasteiger partial charge is 1.00 e. The van der Waals surface area contributed by atoms with Crippen LogP contribution in [0.5, 0.6) is 5.75 Å². The molecule has 0 aliphatic rings. The van der Waals surface area contributed by atoms with Crippen LogP contribution >= 0.6 is 0 Å². The average molecular weight is 537 g/mol. The van der Waals surface area contributed by atoms with E-state index in [2.05, 4.69) is 118 Å². The minimum Gasteiger partial charge on any atom is -0.870 e. The molecule has 1 N–H and O–H groups in total. The molecular weight excluding hydrogens is 488 g/mol. The summed E-state index contributed by atoms with van der Waals surface area (Å²) in [6.45, 7) is 26.3. The predicted molar refractivity (Wildman–Crippen MR) is 163 cm³/mol. The summed E-state index contributed by atoms with van der Waals surface area (Å²) >= 11 is 0. The van der Waals surface area contributed by atoms with Gasteiger partial charge < -0.3 is 5.11 Å². The monoisotopic (exact) mass is 536 g/mol. The van der Waals surface area contributed by atoms with Crippen LogP contribution in [-0.4, -0.2) is 6.21 Å². The summed E-state index contributed by atoms with van der Waals surface area (Å²) < 4.78 is 15.1. The van der Waals surface area contributed by atoms with Gasteiger partial charge in [-0.1, -0.05) is 107 Å². The van der Waals surface area contributed by atoms with Crippen LogP contribution in [0, 0.1) is 5.82 Å². The third-order valence-electron chi connectivity index (χ3n) is 7.58. The van der Waals surface area contributed by atoms with E-state index in [0.29, 0.717) is 28.9 Å². The molecule has 0 aromatic heterocycles. The van der Waals surface area contributed by atoms with Crippen LogP contribution in [0.3, 0.4) is 0 Å². The van der Waals surface area contributed by atoms with Crippen molar-refractivity contribution in [3.05, 3.63) is 81.7 Å². The first-order chi connectivity index (χ1) is 17.9. The summed E-state index contributed by atoms with van der Waals surface area (Å²) in [5.74, 6) is -0.322. The SMILES string of the molecule is CC(C)c1cc(C(C)C)c([NH+]=Cc2cc(-c3cc(C(C)(C)C)cc(C(C)(C)C)c3)cc(F)c2[O-])c(C(C)C)c1.[Li+]. The van der Waals surface area contributed by atoms with Gasteiger partial charge in [-0.05, 0) is 80.7 Å². The van der Waals surface area contributed by atoms with Crippen molar-refractivity contribution in [2.24, 2.45) is 0 Å². The second kappa shape index (κ2) is 12.7. The Labute approximate surface area is 254 Å².